The number of halogens is 2. The molecule has 2 aromatic rings. The van der Waals surface area contributed by atoms with E-state index in [9.17, 15) is 4.39 Å². The molecular weight excluding hydrogens is 491 g/mol. The number of anilines is 3. The lowest BCUT2D eigenvalue weighted by Gasteiger charge is -2.31. The third kappa shape index (κ3) is 5.67. The van der Waals surface area contributed by atoms with Crippen LogP contribution in [0.1, 0.15) is 49.8 Å². The number of benzene rings is 1. The first kappa shape index (κ1) is 23.2. The molecule has 0 atom stereocenters. The molecule has 6 nitrogen and oxygen atoms in total. The molecule has 1 fully saturated rings. The van der Waals surface area contributed by atoms with Crippen LogP contribution in [0.4, 0.5) is 21.8 Å². The molecule has 2 aliphatic rings. The van der Waals surface area contributed by atoms with Gasteiger partial charge >= 0.3 is 0 Å². The quantitative estimate of drug-likeness (QED) is 0.477. The molecule has 4 rings (SSSR count). The van der Waals surface area contributed by atoms with Crippen molar-refractivity contribution < 1.29 is 4.39 Å². The Labute approximate surface area is 202 Å². The van der Waals surface area contributed by atoms with Crippen molar-refractivity contribution in [2.24, 2.45) is 0 Å². The van der Waals surface area contributed by atoms with E-state index in [1.165, 1.54) is 36.2 Å². The lowest BCUT2D eigenvalue weighted by atomic mass is 9.91. The first-order valence-electron chi connectivity index (χ1n) is 11.3. The van der Waals surface area contributed by atoms with E-state index in [2.05, 4.69) is 50.9 Å². The van der Waals surface area contributed by atoms with Gasteiger partial charge in [-0.3, -0.25) is 0 Å². The van der Waals surface area contributed by atoms with Crippen LogP contribution < -0.4 is 20.9 Å². The van der Waals surface area contributed by atoms with Crippen LogP contribution >= 0.6 is 28.1 Å². The first-order chi connectivity index (χ1) is 15.4. The molecule has 0 aliphatic heterocycles. The number of rotatable bonds is 5. The maximum Gasteiger partial charge on any atom is 0.225 e. The van der Waals surface area contributed by atoms with Crippen LogP contribution in [0, 0.1) is 5.82 Å². The van der Waals surface area contributed by atoms with Crippen molar-refractivity contribution in [1.29, 1.82) is 0 Å². The van der Waals surface area contributed by atoms with Crippen molar-refractivity contribution in [1.82, 2.24) is 15.3 Å². The van der Waals surface area contributed by atoms with E-state index in [0.717, 1.165) is 56.0 Å². The molecule has 1 aromatic heterocycles. The van der Waals surface area contributed by atoms with Crippen LogP contribution in [0.5, 0.6) is 0 Å². The Hall–Kier alpha value is -2.00. The molecule has 0 unspecified atom stereocenters. The van der Waals surface area contributed by atoms with Crippen LogP contribution in [-0.4, -0.2) is 41.3 Å². The minimum Gasteiger partial charge on any atom is -0.362 e. The predicted octanol–water partition coefficient (Wildman–Crippen LogP) is 5.03. The summed E-state index contributed by atoms with van der Waals surface area (Å²) in [5.41, 5.74) is 3.27. The lowest BCUT2D eigenvalue weighted by molar-refractivity contribution is 0.387. The van der Waals surface area contributed by atoms with Crippen LogP contribution in [0.2, 0.25) is 0 Å². The molecule has 3 N–H and O–H groups in total. The average Bonchev–Trinajstić information content (AvgIpc) is 2.76. The zero-order chi connectivity index (χ0) is 22.7. The summed E-state index contributed by atoms with van der Waals surface area (Å²) in [6.07, 6.45) is 8.61. The van der Waals surface area contributed by atoms with Gasteiger partial charge in [-0.15, -0.1) is 0 Å². The minimum absolute atomic E-state index is 0.285. The Morgan fingerprint density at radius 2 is 1.81 bits per heavy atom. The fraction of sp³-hybridized carbons (Fsp3) is 0.522. The monoisotopic (exact) mass is 520 g/mol. The van der Waals surface area contributed by atoms with Gasteiger partial charge in [0.2, 0.25) is 5.95 Å². The van der Waals surface area contributed by atoms with Gasteiger partial charge in [0, 0.05) is 36.2 Å². The lowest BCUT2D eigenvalue weighted by Crippen LogP contribution is -2.42. The smallest absolute Gasteiger partial charge is 0.225 e. The third-order valence-corrected chi connectivity index (χ3v) is 7.04. The Morgan fingerprint density at radius 1 is 1.09 bits per heavy atom. The van der Waals surface area contributed by atoms with Gasteiger partial charge in [-0.05, 0) is 97.7 Å². The topological polar surface area (TPSA) is 65.1 Å². The highest BCUT2D eigenvalue weighted by Gasteiger charge is 2.24. The van der Waals surface area contributed by atoms with Crippen molar-refractivity contribution in [2.75, 3.05) is 29.6 Å². The number of nitrogens with zero attached hydrogens (tertiary/aromatic N) is 3. The van der Waals surface area contributed by atoms with Gasteiger partial charge in [0.05, 0.1) is 11.4 Å². The predicted molar refractivity (Wildman–Crippen MR) is 136 cm³/mol. The van der Waals surface area contributed by atoms with E-state index < -0.39 is 0 Å². The van der Waals surface area contributed by atoms with Crippen LogP contribution in [0.3, 0.4) is 0 Å². The van der Waals surface area contributed by atoms with Gasteiger partial charge in [0.15, 0.2) is 5.11 Å². The fourth-order valence-corrected chi connectivity index (χ4v) is 5.23. The van der Waals surface area contributed by atoms with E-state index in [4.69, 9.17) is 22.2 Å². The molecule has 0 radical (unpaired) electrons. The zero-order valence-electron chi connectivity index (χ0n) is 18.5. The summed E-state index contributed by atoms with van der Waals surface area (Å²) >= 11 is 8.83. The van der Waals surface area contributed by atoms with Crippen molar-refractivity contribution in [3.8, 4) is 0 Å². The van der Waals surface area contributed by atoms with Crippen molar-refractivity contribution >= 4 is 50.7 Å². The van der Waals surface area contributed by atoms with Crippen molar-refractivity contribution in [3.63, 3.8) is 0 Å². The summed E-state index contributed by atoms with van der Waals surface area (Å²) in [6, 6.07) is 5.18. The van der Waals surface area contributed by atoms with E-state index in [0.29, 0.717) is 21.7 Å². The summed E-state index contributed by atoms with van der Waals surface area (Å²) in [6.45, 7) is 0. The van der Waals surface area contributed by atoms with Gasteiger partial charge in [0.1, 0.15) is 11.6 Å². The highest BCUT2D eigenvalue weighted by Crippen LogP contribution is 2.29. The van der Waals surface area contributed by atoms with Gasteiger partial charge in [0.25, 0.3) is 0 Å². The van der Waals surface area contributed by atoms with Gasteiger partial charge < -0.3 is 20.9 Å². The summed E-state index contributed by atoms with van der Waals surface area (Å²) < 4.78 is 13.9. The zero-order valence-corrected chi connectivity index (χ0v) is 21.0. The molecule has 0 spiro atoms. The van der Waals surface area contributed by atoms with Crippen LogP contribution in [0.25, 0.3) is 0 Å². The second kappa shape index (κ2) is 10.3. The van der Waals surface area contributed by atoms with E-state index >= 15 is 0 Å². The van der Waals surface area contributed by atoms with Gasteiger partial charge in [-0.25, -0.2) is 9.37 Å². The maximum atomic E-state index is 13.3. The second-order valence-corrected chi connectivity index (χ2v) is 10.1. The average molecular weight is 522 g/mol. The van der Waals surface area contributed by atoms with E-state index in [1.54, 1.807) is 6.07 Å². The molecule has 0 saturated heterocycles. The van der Waals surface area contributed by atoms with Crippen LogP contribution in [-0.2, 0) is 12.8 Å². The first-order valence-corrected chi connectivity index (χ1v) is 12.5. The Morgan fingerprint density at radius 3 is 2.53 bits per heavy atom. The van der Waals surface area contributed by atoms with E-state index in [-0.39, 0.29) is 5.82 Å². The summed E-state index contributed by atoms with van der Waals surface area (Å²) in [5, 5.41) is 10.7. The number of aryl methyl sites for hydroxylation is 1. The van der Waals surface area contributed by atoms with Gasteiger partial charge in [-0.1, -0.05) is 0 Å². The molecule has 2 aliphatic carbocycles. The van der Waals surface area contributed by atoms with E-state index in [1.807, 2.05) is 0 Å². The maximum absolute atomic E-state index is 13.3. The molecule has 1 saturated carbocycles. The molecule has 0 bridgehead atoms. The van der Waals surface area contributed by atoms with Crippen molar-refractivity contribution in [2.45, 2.75) is 63.5 Å². The molecule has 9 heteroatoms. The summed E-state index contributed by atoms with van der Waals surface area (Å²) in [7, 11) is 4.11. The van der Waals surface area contributed by atoms with Gasteiger partial charge in [-0.2, -0.15) is 4.98 Å². The second-order valence-electron chi connectivity index (χ2n) is 8.81. The Bertz CT molecular complexity index is 977. The fourth-order valence-electron chi connectivity index (χ4n) is 4.51. The molecule has 172 valence electrons. The number of hydrogen-bond donors (Lipinski definition) is 3. The molecule has 1 aromatic carbocycles. The summed E-state index contributed by atoms with van der Waals surface area (Å²) in [4.78, 5) is 11.8. The molecule has 1 heterocycles. The number of fused-ring (bicyclic) bond motifs is 1. The SMILES string of the molecule is CN(C)c1nc(N[C@H]2CC[C@@H](NC(=S)Nc3ccc(F)cc3Br)CC2)nc2c1CCCC2. The van der Waals surface area contributed by atoms with Crippen LogP contribution in [0.15, 0.2) is 22.7 Å². The standard InChI is InChI=1S/C23H30BrFN6S/c1-31(2)21-17-5-3-4-6-19(17)28-22(30-21)26-15-8-10-16(11-9-15)27-23(32)29-20-12-7-14(25)13-18(20)24/h7,12-13,15-16H,3-6,8-11H2,1-2H3,(H,26,28,30)(H2,27,29,32)/t15-,16+. The number of aromatic nitrogens is 2. The normalized spacial score (nSPS) is 20.2. The minimum atomic E-state index is -0.285. The number of hydrogen-bond acceptors (Lipinski definition) is 5. The third-order valence-electron chi connectivity index (χ3n) is 6.16. The molecular formula is C23H30BrFN6S. The molecule has 32 heavy (non-hydrogen) atoms. The highest BCUT2D eigenvalue weighted by molar-refractivity contribution is 9.10. The molecule has 0 amide bonds. The summed E-state index contributed by atoms with van der Waals surface area (Å²) in [5.74, 6) is 1.52. The van der Waals surface area contributed by atoms with Crippen molar-refractivity contribution in [3.05, 3.63) is 39.7 Å². The number of nitrogens with one attached hydrogen (secondary N) is 3. The Kier molecular flexibility index (Phi) is 7.45. The number of thiocarbonyl (C=S) groups is 1. The highest BCUT2D eigenvalue weighted by atomic mass is 79.9. The Balaban J connectivity index is 1.30. The largest absolute Gasteiger partial charge is 0.362 e.